The first kappa shape index (κ1) is 10.7. The standard InChI is InChI=1S/C13H13N3O2/c1-8-6-15-13(5-10(8)14)16-9-2-3-11-12(4-9)18-7-17-11/h2-6H,7H2,1H3,(H3,14,15,16). The van der Waals surface area contributed by atoms with Gasteiger partial charge in [0.1, 0.15) is 5.82 Å². The number of anilines is 3. The fraction of sp³-hybridized carbons (Fsp3) is 0.154. The van der Waals surface area contributed by atoms with Crippen LogP contribution in [0.2, 0.25) is 0 Å². The lowest BCUT2D eigenvalue weighted by Gasteiger charge is -2.08. The van der Waals surface area contributed by atoms with Crippen molar-refractivity contribution < 1.29 is 9.47 Å². The number of benzene rings is 1. The second-order valence-corrected chi connectivity index (χ2v) is 4.12. The van der Waals surface area contributed by atoms with E-state index in [1.165, 1.54) is 0 Å². The highest BCUT2D eigenvalue weighted by molar-refractivity contribution is 5.64. The Labute approximate surface area is 105 Å². The minimum absolute atomic E-state index is 0.272. The molecular formula is C13H13N3O2. The number of pyridine rings is 1. The minimum atomic E-state index is 0.272. The van der Waals surface area contributed by atoms with E-state index in [-0.39, 0.29) is 6.79 Å². The molecule has 0 aliphatic carbocycles. The molecule has 1 aromatic carbocycles. The van der Waals surface area contributed by atoms with Crippen molar-refractivity contribution in [3.8, 4) is 11.5 Å². The van der Waals surface area contributed by atoms with Gasteiger partial charge in [0.25, 0.3) is 0 Å². The van der Waals surface area contributed by atoms with E-state index in [1.807, 2.05) is 25.1 Å². The van der Waals surface area contributed by atoms with E-state index in [1.54, 1.807) is 12.3 Å². The smallest absolute Gasteiger partial charge is 0.231 e. The Kier molecular flexibility index (Phi) is 2.44. The number of aromatic nitrogens is 1. The van der Waals surface area contributed by atoms with E-state index >= 15 is 0 Å². The first-order valence-corrected chi connectivity index (χ1v) is 5.61. The van der Waals surface area contributed by atoms with Crippen molar-refractivity contribution in [2.75, 3.05) is 17.8 Å². The molecule has 0 amide bonds. The molecule has 3 N–H and O–H groups in total. The lowest BCUT2D eigenvalue weighted by molar-refractivity contribution is 0.174. The minimum Gasteiger partial charge on any atom is -0.454 e. The number of nitrogens with zero attached hydrogens (tertiary/aromatic N) is 1. The molecule has 0 unspecified atom stereocenters. The van der Waals surface area contributed by atoms with Crippen LogP contribution in [0.25, 0.3) is 0 Å². The Hall–Kier alpha value is -2.43. The van der Waals surface area contributed by atoms with Crippen molar-refractivity contribution >= 4 is 17.2 Å². The Balaban J connectivity index is 1.85. The van der Waals surface area contributed by atoms with Gasteiger partial charge in [-0.25, -0.2) is 4.98 Å². The number of nitrogens with one attached hydrogen (secondary N) is 1. The molecule has 92 valence electrons. The van der Waals surface area contributed by atoms with Crippen LogP contribution in [-0.4, -0.2) is 11.8 Å². The molecule has 1 aliphatic heterocycles. The van der Waals surface area contributed by atoms with Crippen LogP contribution in [0.3, 0.4) is 0 Å². The summed E-state index contributed by atoms with van der Waals surface area (Å²) in [6.07, 6.45) is 1.74. The van der Waals surface area contributed by atoms with Gasteiger partial charge in [-0.1, -0.05) is 0 Å². The SMILES string of the molecule is Cc1cnc(Nc2ccc3c(c2)OCO3)cc1N. The monoisotopic (exact) mass is 243 g/mol. The molecule has 0 fully saturated rings. The van der Waals surface area contributed by atoms with Crippen molar-refractivity contribution in [2.24, 2.45) is 0 Å². The van der Waals surface area contributed by atoms with Crippen LogP contribution in [0.1, 0.15) is 5.56 Å². The first-order valence-electron chi connectivity index (χ1n) is 5.61. The van der Waals surface area contributed by atoms with E-state index < -0.39 is 0 Å². The Morgan fingerprint density at radius 2 is 2.06 bits per heavy atom. The van der Waals surface area contributed by atoms with Gasteiger partial charge in [0.05, 0.1) is 0 Å². The van der Waals surface area contributed by atoms with E-state index in [2.05, 4.69) is 10.3 Å². The molecule has 2 heterocycles. The van der Waals surface area contributed by atoms with Gasteiger partial charge in [0.15, 0.2) is 11.5 Å². The summed E-state index contributed by atoms with van der Waals surface area (Å²) >= 11 is 0. The third kappa shape index (κ3) is 1.90. The molecule has 1 aromatic heterocycles. The fourth-order valence-corrected chi connectivity index (χ4v) is 1.73. The van der Waals surface area contributed by atoms with Crippen LogP contribution in [0, 0.1) is 6.92 Å². The highest BCUT2D eigenvalue weighted by Crippen LogP contribution is 2.35. The van der Waals surface area contributed by atoms with Crippen molar-refractivity contribution in [3.63, 3.8) is 0 Å². The predicted molar refractivity (Wildman–Crippen MR) is 69.2 cm³/mol. The Morgan fingerprint density at radius 3 is 2.89 bits per heavy atom. The maximum atomic E-state index is 5.84. The number of nitrogens with two attached hydrogens (primary N) is 1. The highest BCUT2D eigenvalue weighted by Gasteiger charge is 2.13. The van der Waals surface area contributed by atoms with Gasteiger partial charge < -0.3 is 20.5 Å². The molecule has 0 spiro atoms. The first-order chi connectivity index (χ1) is 8.72. The average molecular weight is 243 g/mol. The summed E-state index contributed by atoms with van der Waals surface area (Å²) in [5, 5.41) is 3.18. The molecule has 2 aromatic rings. The molecule has 0 radical (unpaired) electrons. The van der Waals surface area contributed by atoms with E-state index in [4.69, 9.17) is 15.2 Å². The van der Waals surface area contributed by atoms with Crippen molar-refractivity contribution in [1.29, 1.82) is 0 Å². The molecule has 3 rings (SSSR count). The van der Waals surface area contributed by atoms with E-state index in [0.29, 0.717) is 11.5 Å². The van der Waals surface area contributed by atoms with Gasteiger partial charge in [-0.3, -0.25) is 0 Å². The van der Waals surface area contributed by atoms with Gasteiger partial charge in [0.2, 0.25) is 6.79 Å². The lowest BCUT2D eigenvalue weighted by atomic mass is 10.2. The summed E-state index contributed by atoms with van der Waals surface area (Å²) < 4.78 is 10.6. The molecule has 0 atom stereocenters. The van der Waals surface area contributed by atoms with Crippen molar-refractivity contribution in [3.05, 3.63) is 36.0 Å². The molecule has 1 aliphatic rings. The summed E-state index contributed by atoms with van der Waals surface area (Å²) in [5.41, 5.74) is 8.40. The number of ether oxygens (including phenoxy) is 2. The summed E-state index contributed by atoms with van der Waals surface area (Å²) in [6, 6.07) is 7.45. The predicted octanol–water partition coefficient (Wildman–Crippen LogP) is 2.44. The van der Waals surface area contributed by atoms with Gasteiger partial charge in [0, 0.05) is 29.7 Å². The number of fused-ring (bicyclic) bond motifs is 1. The number of hydrogen-bond donors (Lipinski definition) is 2. The van der Waals surface area contributed by atoms with Gasteiger partial charge in [-0.05, 0) is 24.6 Å². The summed E-state index contributed by atoms with van der Waals surface area (Å²) in [5.74, 6) is 2.20. The fourth-order valence-electron chi connectivity index (χ4n) is 1.73. The van der Waals surface area contributed by atoms with Crippen LogP contribution >= 0.6 is 0 Å². The number of aryl methyl sites for hydroxylation is 1. The molecule has 5 heteroatoms. The normalized spacial score (nSPS) is 12.5. The van der Waals surface area contributed by atoms with Crippen LogP contribution in [-0.2, 0) is 0 Å². The second-order valence-electron chi connectivity index (χ2n) is 4.12. The number of nitrogen functional groups attached to an aromatic ring is 1. The van der Waals surface area contributed by atoms with Crippen LogP contribution in [0.5, 0.6) is 11.5 Å². The topological polar surface area (TPSA) is 69.4 Å². The zero-order chi connectivity index (χ0) is 12.5. The third-order valence-electron chi connectivity index (χ3n) is 2.79. The molecule has 0 saturated carbocycles. The highest BCUT2D eigenvalue weighted by atomic mass is 16.7. The molecule has 5 nitrogen and oxygen atoms in total. The van der Waals surface area contributed by atoms with E-state index in [0.717, 1.165) is 22.7 Å². The van der Waals surface area contributed by atoms with Crippen LogP contribution in [0.15, 0.2) is 30.5 Å². The van der Waals surface area contributed by atoms with Crippen LogP contribution < -0.4 is 20.5 Å². The zero-order valence-corrected chi connectivity index (χ0v) is 9.93. The average Bonchev–Trinajstić information content (AvgIpc) is 2.81. The summed E-state index contributed by atoms with van der Waals surface area (Å²) in [4.78, 5) is 4.26. The summed E-state index contributed by atoms with van der Waals surface area (Å²) in [7, 11) is 0. The van der Waals surface area contributed by atoms with E-state index in [9.17, 15) is 0 Å². The van der Waals surface area contributed by atoms with Gasteiger partial charge in [-0.15, -0.1) is 0 Å². The number of hydrogen-bond acceptors (Lipinski definition) is 5. The largest absolute Gasteiger partial charge is 0.454 e. The molecule has 0 bridgehead atoms. The molecule has 18 heavy (non-hydrogen) atoms. The second kappa shape index (κ2) is 4.10. The van der Waals surface area contributed by atoms with Gasteiger partial charge >= 0.3 is 0 Å². The Bertz CT molecular complexity index is 599. The van der Waals surface area contributed by atoms with Gasteiger partial charge in [-0.2, -0.15) is 0 Å². The maximum absolute atomic E-state index is 5.84. The molecular weight excluding hydrogens is 230 g/mol. The van der Waals surface area contributed by atoms with Crippen molar-refractivity contribution in [1.82, 2.24) is 4.98 Å². The molecule has 0 saturated heterocycles. The van der Waals surface area contributed by atoms with Crippen molar-refractivity contribution in [2.45, 2.75) is 6.92 Å². The zero-order valence-electron chi connectivity index (χ0n) is 9.93. The summed E-state index contributed by atoms with van der Waals surface area (Å²) in [6.45, 7) is 2.20. The van der Waals surface area contributed by atoms with Crippen LogP contribution in [0.4, 0.5) is 17.2 Å². The lowest BCUT2D eigenvalue weighted by Crippen LogP contribution is -1.97. The Morgan fingerprint density at radius 1 is 1.22 bits per heavy atom. The third-order valence-corrected chi connectivity index (χ3v) is 2.79. The quantitative estimate of drug-likeness (QED) is 0.847. The maximum Gasteiger partial charge on any atom is 0.231 e. The number of rotatable bonds is 2.